The highest BCUT2D eigenvalue weighted by molar-refractivity contribution is 5.77. The smallest absolute Gasteiger partial charge is 0.277 e. The number of carbonyl (C=O) groups is 1. The van der Waals surface area contributed by atoms with Gasteiger partial charge in [0, 0.05) is 18.9 Å². The maximum Gasteiger partial charge on any atom is 0.277 e. The van der Waals surface area contributed by atoms with Gasteiger partial charge in [-0.05, 0) is 25.1 Å². The van der Waals surface area contributed by atoms with Gasteiger partial charge in [-0.3, -0.25) is 4.79 Å². The predicted octanol–water partition coefficient (Wildman–Crippen LogP) is -0.130. The fraction of sp³-hybridized carbons (Fsp3) is 0.476. The molecule has 0 radical (unpaired) electrons. The Morgan fingerprint density at radius 3 is 2.62 bits per heavy atom. The number of benzene rings is 1. The van der Waals surface area contributed by atoms with Gasteiger partial charge in [0.1, 0.15) is 6.61 Å². The maximum absolute atomic E-state index is 12.9. The third-order valence-electron chi connectivity index (χ3n) is 5.43. The molecule has 3 heterocycles. The lowest BCUT2D eigenvalue weighted by atomic mass is 10.2. The van der Waals surface area contributed by atoms with E-state index in [1.807, 2.05) is 42.2 Å². The monoisotopic (exact) mass is 398 g/mol. The first-order valence-corrected chi connectivity index (χ1v) is 10.2. The Bertz CT molecular complexity index is 811. The van der Waals surface area contributed by atoms with Crippen molar-refractivity contribution in [1.29, 1.82) is 0 Å². The lowest BCUT2D eigenvalue weighted by Gasteiger charge is -2.34. The number of hydrogen-bond donors (Lipinski definition) is 1. The fourth-order valence-electron chi connectivity index (χ4n) is 3.79. The normalized spacial score (nSPS) is 19.1. The zero-order chi connectivity index (χ0) is 20.1. The summed E-state index contributed by atoms with van der Waals surface area (Å²) in [6.45, 7) is 7.69. The number of carbonyl (C=O) groups excluding carboxylic acids is 1. The van der Waals surface area contributed by atoms with Crippen LogP contribution in [0, 0.1) is 0 Å². The van der Waals surface area contributed by atoms with Gasteiger partial charge in [0.2, 0.25) is 5.95 Å². The number of rotatable bonds is 6. The summed E-state index contributed by atoms with van der Waals surface area (Å²) in [6.07, 6.45) is 3.38. The van der Waals surface area contributed by atoms with Gasteiger partial charge in [0.05, 0.1) is 32.7 Å². The molecule has 0 bridgehead atoms. The number of piperazine rings is 1. The van der Waals surface area contributed by atoms with E-state index in [9.17, 15) is 4.79 Å². The molecule has 1 amide bonds. The van der Waals surface area contributed by atoms with Crippen LogP contribution >= 0.6 is 0 Å². The van der Waals surface area contributed by atoms with Crippen LogP contribution in [0.2, 0.25) is 0 Å². The van der Waals surface area contributed by atoms with E-state index in [0.717, 1.165) is 43.6 Å². The van der Waals surface area contributed by atoms with E-state index in [-0.39, 0.29) is 12.0 Å². The average Bonchev–Trinajstić information content (AvgIpc) is 2.78. The first-order chi connectivity index (χ1) is 14.2. The van der Waals surface area contributed by atoms with Crippen molar-refractivity contribution >= 4 is 11.9 Å². The van der Waals surface area contributed by atoms with E-state index in [2.05, 4.69) is 14.9 Å². The molecule has 1 aromatic heterocycles. The number of hydrogen-bond acceptors (Lipinski definition) is 6. The Kier molecular flexibility index (Phi) is 6.09. The summed E-state index contributed by atoms with van der Waals surface area (Å²) >= 11 is 0. The molecule has 0 unspecified atom stereocenters. The maximum atomic E-state index is 12.9. The number of likely N-dealkylation sites (N-methyl/N-ethyl adjacent to an activating group) is 1. The van der Waals surface area contributed by atoms with Gasteiger partial charge < -0.3 is 24.2 Å². The van der Waals surface area contributed by atoms with Crippen molar-refractivity contribution in [3.05, 3.63) is 42.7 Å². The molecule has 1 N–H and O–H groups in total. The molecule has 0 saturated carbocycles. The summed E-state index contributed by atoms with van der Waals surface area (Å²) in [5, 5.41) is 0. The molecule has 2 aromatic rings. The van der Waals surface area contributed by atoms with Crippen molar-refractivity contribution in [2.24, 2.45) is 0 Å². The number of nitrogens with one attached hydrogen (secondary N) is 1. The van der Waals surface area contributed by atoms with Gasteiger partial charge in [0.15, 0.2) is 24.1 Å². The van der Waals surface area contributed by atoms with E-state index >= 15 is 0 Å². The van der Waals surface area contributed by atoms with Crippen LogP contribution in [0.4, 0.5) is 5.95 Å². The minimum atomic E-state index is -0.143. The zero-order valence-electron chi connectivity index (χ0n) is 16.8. The number of ether oxygens (including phenoxy) is 2. The molecule has 1 aromatic carbocycles. The summed E-state index contributed by atoms with van der Waals surface area (Å²) in [5.41, 5.74) is 0. The van der Waals surface area contributed by atoms with Crippen LogP contribution in [0.5, 0.6) is 11.5 Å². The Morgan fingerprint density at radius 1 is 1.17 bits per heavy atom. The van der Waals surface area contributed by atoms with Gasteiger partial charge >= 0.3 is 0 Å². The molecule has 4 rings (SSSR count). The SMILES string of the molecule is CCN(C[C@H]1COc2ccccc2O1)C(=O)C[NH+]1CCN(c2ncccn2)CC1. The van der Waals surface area contributed by atoms with Crippen LogP contribution in [-0.4, -0.2) is 79.3 Å². The minimum absolute atomic E-state index is 0.143. The van der Waals surface area contributed by atoms with Gasteiger partial charge in [-0.1, -0.05) is 12.1 Å². The summed E-state index contributed by atoms with van der Waals surface area (Å²) < 4.78 is 11.8. The standard InChI is InChI=1S/C21H27N5O3/c1-2-25(14-17-16-28-18-6-3-4-7-19(18)29-17)20(27)15-24-10-12-26(13-11-24)21-22-8-5-9-23-21/h3-9,17H,2,10-16H2,1H3/p+1/t17-/m0/s1. The average molecular weight is 398 g/mol. The van der Waals surface area contributed by atoms with Crippen LogP contribution in [0.1, 0.15) is 6.92 Å². The molecule has 1 atom stereocenters. The molecule has 2 aliphatic rings. The van der Waals surface area contributed by atoms with Gasteiger partial charge in [-0.15, -0.1) is 0 Å². The van der Waals surface area contributed by atoms with Crippen molar-refractivity contribution in [3.8, 4) is 11.5 Å². The molecule has 8 nitrogen and oxygen atoms in total. The van der Waals surface area contributed by atoms with Crippen LogP contribution < -0.4 is 19.3 Å². The molecular weight excluding hydrogens is 370 g/mol. The van der Waals surface area contributed by atoms with Crippen LogP contribution in [0.15, 0.2) is 42.7 Å². The second-order valence-electron chi connectivity index (χ2n) is 7.39. The Hall–Kier alpha value is -2.87. The van der Waals surface area contributed by atoms with Crippen LogP contribution in [-0.2, 0) is 4.79 Å². The first-order valence-electron chi connectivity index (χ1n) is 10.2. The number of anilines is 1. The fourth-order valence-corrected chi connectivity index (χ4v) is 3.79. The number of fused-ring (bicyclic) bond motifs is 1. The Labute approximate surface area is 171 Å². The second-order valence-corrected chi connectivity index (χ2v) is 7.39. The molecule has 29 heavy (non-hydrogen) atoms. The zero-order valence-corrected chi connectivity index (χ0v) is 16.8. The predicted molar refractivity (Wildman–Crippen MR) is 108 cm³/mol. The summed E-state index contributed by atoms with van der Waals surface area (Å²) in [6, 6.07) is 9.48. The molecule has 8 heteroatoms. The van der Waals surface area contributed by atoms with E-state index in [0.29, 0.717) is 26.2 Å². The van der Waals surface area contributed by atoms with E-state index in [4.69, 9.17) is 9.47 Å². The molecule has 2 aliphatic heterocycles. The largest absolute Gasteiger partial charge is 0.486 e. The molecule has 0 aliphatic carbocycles. The van der Waals surface area contributed by atoms with Crippen molar-refractivity contribution in [1.82, 2.24) is 14.9 Å². The number of quaternary nitrogens is 1. The van der Waals surface area contributed by atoms with Crippen molar-refractivity contribution in [3.63, 3.8) is 0 Å². The summed E-state index contributed by atoms with van der Waals surface area (Å²) in [4.78, 5) is 26.9. The number of para-hydroxylation sites is 2. The quantitative estimate of drug-likeness (QED) is 0.731. The van der Waals surface area contributed by atoms with Crippen LogP contribution in [0.3, 0.4) is 0 Å². The first kappa shape index (κ1) is 19.4. The summed E-state index contributed by atoms with van der Waals surface area (Å²) in [5.74, 6) is 2.44. The molecule has 0 spiro atoms. The molecular formula is C21H28N5O3+. The second kappa shape index (κ2) is 9.09. The van der Waals surface area contributed by atoms with Gasteiger partial charge in [-0.2, -0.15) is 0 Å². The minimum Gasteiger partial charge on any atom is -0.486 e. The molecule has 154 valence electrons. The lowest BCUT2D eigenvalue weighted by Crippen LogP contribution is -3.16. The van der Waals surface area contributed by atoms with Crippen LogP contribution in [0.25, 0.3) is 0 Å². The Morgan fingerprint density at radius 2 is 1.90 bits per heavy atom. The third kappa shape index (κ3) is 4.76. The van der Waals surface area contributed by atoms with E-state index in [1.54, 1.807) is 12.4 Å². The lowest BCUT2D eigenvalue weighted by molar-refractivity contribution is -0.892. The Balaban J connectivity index is 1.26. The summed E-state index contributed by atoms with van der Waals surface area (Å²) in [7, 11) is 0. The number of amides is 1. The molecule has 1 saturated heterocycles. The highest BCUT2D eigenvalue weighted by Gasteiger charge is 2.28. The van der Waals surface area contributed by atoms with E-state index < -0.39 is 0 Å². The van der Waals surface area contributed by atoms with Gasteiger partial charge in [-0.25, -0.2) is 9.97 Å². The van der Waals surface area contributed by atoms with Gasteiger partial charge in [0.25, 0.3) is 5.91 Å². The third-order valence-corrected chi connectivity index (χ3v) is 5.43. The number of aromatic nitrogens is 2. The van der Waals surface area contributed by atoms with Crippen molar-refractivity contribution < 1.29 is 19.2 Å². The van der Waals surface area contributed by atoms with Crippen molar-refractivity contribution in [2.45, 2.75) is 13.0 Å². The topological polar surface area (TPSA) is 72.2 Å². The highest BCUT2D eigenvalue weighted by Crippen LogP contribution is 2.30. The number of nitrogens with zero attached hydrogens (tertiary/aromatic N) is 4. The van der Waals surface area contributed by atoms with Crippen molar-refractivity contribution in [2.75, 3.05) is 57.3 Å². The van der Waals surface area contributed by atoms with E-state index in [1.165, 1.54) is 4.90 Å². The highest BCUT2D eigenvalue weighted by atomic mass is 16.6. The molecule has 1 fully saturated rings.